The lowest BCUT2D eigenvalue weighted by Gasteiger charge is -1.99. The average molecular weight is 277 g/mol. The van der Waals surface area contributed by atoms with Crippen molar-refractivity contribution < 1.29 is 14.1 Å². The number of oxazole rings is 1. The largest absolute Gasteiger partial charge is 0.444 e. The maximum Gasteiger partial charge on any atom is 0.269 e. The molecule has 7 nitrogen and oxygen atoms in total. The average Bonchev–Trinajstić information content (AvgIpc) is 2.92. The summed E-state index contributed by atoms with van der Waals surface area (Å²) in [7, 11) is 1.64. The third-order valence-corrected chi connectivity index (χ3v) is 2.67. The smallest absolute Gasteiger partial charge is 0.269 e. The topological polar surface area (TPSA) is 90.4 Å². The van der Waals surface area contributed by atoms with Crippen LogP contribution in [0.4, 0.5) is 5.69 Å². The van der Waals surface area contributed by atoms with E-state index in [1.54, 1.807) is 25.5 Å². The normalized spacial score (nSPS) is 10.7. The molecule has 1 N–H and O–H groups in total. The Balaban J connectivity index is 1.99. The second-order valence-electron chi connectivity index (χ2n) is 4.12. The molecule has 0 radical (unpaired) electrons. The van der Waals surface area contributed by atoms with Crippen molar-refractivity contribution >= 4 is 5.69 Å². The monoisotopic (exact) mass is 277 g/mol. The van der Waals surface area contributed by atoms with Crippen LogP contribution in [0.2, 0.25) is 0 Å². The van der Waals surface area contributed by atoms with Gasteiger partial charge in [0.05, 0.1) is 17.2 Å². The van der Waals surface area contributed by atoms with Gasteiger partial charge in [-0.1, -0.05) is 0 Å². The van der Waals surface area contributed by atoms with Gasteiger partial charge in [0, 0.05) is 37.9 Å². The number of benzene rings is 1. The summed E-state index contributed by atoms with van der Waals surface area (Å²) in [5.41, 5.74) is 1.52. The zero-order valence-electron chi connectivity index (χ0n) is 11.0. The summed E-state index contributed by atoms with van der Waals surface area (Å²) >= 11 is 0. The van der Waals surface area contributed by atoms with Gasteiger partial charge in [0.15, 0.2) is 0 Å². The number of nitrogens with zero attached hydrogens (tertiary/aromatic N) is 2. The van der Waals surface area contributed by atoms with Gasteiger partial charge in [0.25, 0.3) is 5.69 Å². The predicted molar refractivity (Wildman–Crippen MR) is 72.2 cm³/mol. The summed E-state index contributed by atoms with van der Waals surface area (Å²) in [6, 6.07) is 6.09. The van der Waals surface area contributed by atoms with Gasteiger partial charge in [-0.25, -0.2) is 4.98 Å². The van der Waals surface area contributed by atoms with Gasteiger partial charge in [-0.3, -0.25) is 10.1 Å². The van der Waals surface area contributed by atoms with Gasteiger partial charge in [-0.15, -0.1) is 0 Å². The summed E-state index contributed by atoms with van der Waals surface area (Å²) in [6.45, 7) is 1.95. The molecule has 0 atom stereocenters. The first-order valence-corrected chi connectivity index (χ1v) is 6.09. The molecule has 0 aliphatic carbocycles. The van der Waals surface area contributed by atoms with E-state index in [4.69, 9.17) is 9.15 Å². The maximum absolute atomic E-state index is 10.6. The highest BCUT2D eigenvalue weighted by Crippen LogP contribution is 2.21. The Kier molecular flexibility index (Phi) is 4.80. The molecule has 106 valence electrons. The Morgan fingerprint density at radius 3 is 2.80 bits per heavy atom. The van der Waals surface area contributed by atoms with Crippen molar-refractivity contribution in [2.24, 2.45) is 0 Å². The zero-order chi connectivity index (χ0) is 14.4. The zero-order valence-corrected chi connectivity index (χ0v) is 11.0. The van der Waals surface area contributed by atoms with Crippen molar-refractivity contribution in [3.05, 3.63) is 46.3 Å². The number of nitro benzene ring substituents is 1. The number of ether oxygens (including phenoxy) is 1. The number of nitro groups is 1. The molecule has 0 bridgehead atoms. The number of non-ortho nitro benzene ring substituents is 1. The van der Waals surface area contributed by atoms with Crippen LogP contribution >= 0.6 is 0 Å². The Hall–Kier alpha value is -2.25. The molecule has 1 aromatic heterocycles. The van der Waals surface area contributed by atoms with Crippen LogP contribution in [-0.4, -0.2) is 30.2 Å². The molecule has 0 saturated heterocycles. The second-order valence-corrected chi connectivity index (χ2v) is 4.12. The molecular formula is C13H15N3O4. The number of nitrogens with one attached hydrogen (secondary N) is 1. The molecule has 0 saturated carbocycles. The van der Waals surface area contributed by atoms with E-state index in [1.165, 1.54) is 12.1 Å². The Morgan fingerprint density at radius 1 is 1.40 bits per heavy atom. The van der Waals surface area contributed by atoms with Gasteiger partial charge in [0.2, 0.25) is 5.89 Å². The molecule has 0 fully saturated rings. The van der Waals surface area contributed by atoms with Crippen LogP contribution in [-0.2, 0) is 11.3 Å². The van der Waals surface area contributed by atoms with Crippen molar-refractivity contribution in [1.29, 1.82) is 0 Å². The van der Waals surface area contributed by atoms with E-state index < -0.39 is 4.92 Å². The quantitative estimate of drug-likeness (QED) is 0.473. The lowest BCUT2D eigenvalue weighted by Crippen LogP contribution is -2.18. The maximum atomic E-state index is 10.6. The lowest BCUT2D eigenvalue weighted by atomic mass is 10.2. The number of aromatic nitrogens is 1. The molecule has 0 aliphatic heterocycles. The van der Waals surface area contributed by atoms with Crippen LogP contribution in [0, 0.1) is 10.1 Å². The fourth-order valence-electron chi connectivity index (χ4n) is 1.64. The summed E-state index contributed by atoms with van der Waals surface area (Å²) in [5.74, 6) is 0.448. The lowest BCUT2D eigenvalue weighted by molar-refractivity contribution is -0.384. The Labute approximate surface area is 115 Å². The fourth-order valence-corrected chi connectivity index (χ4v) is 1.64. The summed E-state index contributed by atoms with van der Waals surface area (Å²) in [6.07, 6.45) is 1.57. The molecule has 1 heterocycles. The fraction of sp³-hybridized carbons (Fsp3) is 0.308. The van der Waals surface area contributed by atoms with E-state index in [9.17, 15) is 10.1 Å². The van der Waals surface area contributed by atoms with Gasteiger partial charge in [-0.05, 0) is 12.1 Å². The van der Waals surface area contributed by atoms with E-state index in [2.05, 4.69) is 10.3 Å². The molecule has 7 heteroatoms. The summed E-state index contributed by atoms with van der Waals surface area (Å²) < 4.78 is 10.3. The van der Waals surface area contributed by atoms with Crippen molar-refractivity contribution in [3.8, 4) is 11.5 Å². The van der Waals surface area contributed by atoms with E-state index in [0.29, 0.717) is 24.6 Å². The Morgan fingerprint density at radius 2 is 2.15 bits per heavy atom. The van der Waals surface area contributed by atoms with Crippen molar-refractivity contribution in [2.45, 2.75) is 6.54 Å². The summed E-state index contributed by atoms with van der Waals surface area (Å²) in [5, 5.41) is 13.7. The minimum absolute atomic E-state index is 0.0433. The molecule has 0 unspecified atom stereocenters. The highest BCUT2D eigenvalue weighted by atomic mass is 16.6. The van der Waals surface area contributed by atoms with Gasteiger partial charge >= 0.3 is 0 Å². The number of hydrogen-bond acceptors (Lipinski definition) is 6. The Bertz CT molecular complexity index is 565. The third-order valence-electron chi connectivity index (χ3n) is 2.67. The van der Waals surface area contributed by atoms with Crippen LogP contribution in [0.25, 0.3) is 11.5 Å². The van der Waals surface area contributed by atoms with E-state index in [1.807, 2.05) is 0 Å². The van der Waals surface area contributed by atoms with Crippen LogP contribution in [0.5, 0.6) is 0 Å². The van der Waals surface area contributed by atoms with Gasteiger partial charge < -0.3 is 14.5 Å². The van der Waals surface area contributed by atoms with Crippen LogP contribution in [0.1, 0.15) is 5.69 Å². The molecule has 20 heavy (non-hydrogen) atoms. The third kappa shape index (κ3) is 3.62. The molecule has 1 aromatic carbocycles. The van der Waals surface area contributed by atoms with Crippen molar-refractivity contribution in [3.63, 3.8) is 0 Å². The standard InChI is InChI=1S/C13H15N3O4/c1-19-7-6-14-8-11-9-20-13(15-11)10-2-4-12(5-3-10)16(17)18/h2-5,9,14H,6-8H2,1H3. The number of methoxy groups -OCH3 is 1. The molecular weight excluding hydrogens is 262 g/mol. The van der Waals surface area contributed by atoms with Crippen molar-refractivity contribution in [2.75, 3.05) is 20.3 Å². The predicted octanol–water partition coefficient (Wildman–Crippen LogP) is 1.99. The second kappa shape index (κ2) is 6.78. The highest BCUT2D eigenvalue weighted by Gasteiger charge is 2.09. The molecule has 2 rings (SSSR count). The first-order valence-electron chi connectivity index (χ1n) is 6.09. The highest BCUT2D eigenvalue weighted by molar-refractivity contribution is 5.55. The van der Waals surface area contributed by atoms with E-state index in [0.717, 1.165) is 12.2 Å². The van der Waals surface area contributed by atoms with Crippen LogP contribution in [0.15, 0.2) is 34.9 Å². The first-order chi connectivity index (χ1) is 9.70. The van der Waals surface area contributed by atoms with Crippen molar-refractivity contribution in [1.82, 2.24) is 10.3 Å². The van der Waals surface area contributed by atoms with Gasteiger partial charge in [0.1, 0.15) is 6.26 Å². The number of rotatable bonds is 7. The first kappa shape index (κ1) is 14.2. The van der Waals surface area contributed by atoms with E-state index in [-0.39, 0.29) is 5.69 Å². The van der Waals surface area contributed by atoms with Crippen LogP contribution < -0.4 is 5.32 Å². The number of hydrogen-bond donors (Lipinski definition) is 1. The van der Waals surface area contributed by atoms with Crippen LogP contribution in [0.3, 0.4) is 0 Å². The minimum atomic E-state index is -0.440. The molecule has 0 amide bonds. The molecule has 0 spiro atoms. The minimum Gasteiger partial charge on any atom is -0.444 e. The SMILES string of the molecule is COCCNCc1coc(-c2ccc([N+](=O)[O-])cc2)n1. The van der Waals surface area contributed by atoms with Gasteiger partial charge in [-0.2, -0.15) is 0 Å². The summed E-state index contributed by atoms with van der Waals surface area (Å²) in [4.78, 5) is 14.4. The van der Waals surface area contributed by atoms with E-state index >= 15 is 0 Å². The molecule has 2 aromatic rings. The molecule has 0 aliphatic rings.